The quantitative estimate of drug-likeness (QED) is 0.941. The summed E-state index contributed by atoms with van der Waals surface area (Å²) in [6, 6.07) is 4.16. The molecule has 0 fully saturated rings. The molecule has 3 rings (SSSR count). The zero-order valence-corrected chi connectivity index (χ0v) is 12.4. The van der Waals surface area contributed by atoms with E-state index in [0.717, 1.165) is 41.5 Å². The van der Waals surface area contributed by atoms with E-state index in [1.54, 1.807) is 0 Å². The fraction of sp³-hybridized carbons (Fsp3) is 0.400. The molecule has 1 N–H and O–H groups in total. The lowest BCUT2D eigenvalue weighted by Crippen LogP contribution is -2.19. The first-order chi connectivity index (χ1) is 9.67. The number of rotatable bonds is 4. The highest BCUT2D eigenvalue weighted by molar-refractivity contribution is 6.30. The van der Waals surface area contributed by atoms with Crippen LogP contribution in [-0.4, -0.2) is 23.2 Å². The van der Waals surface area contributed by atoms with Crippen molar-refractivity contribution in [2.75, 3.05) is 13.7 Å². The molecule has 1 aromatic carbocycles. The van der Waals surface area contributed by atoms with Crippen molar-refractivity contribution in [3.63, 3.8) is 0 Å². The van der Waals surface area contributed by atoms with Crippen molar-refractivity contribution < 1.29 is 4.74 Å². The molecule has 1 aliphatic rings. The molecule has 4 nitrogen and oxygen atoms in total. The molecule has 2 aromatic rings. The van der Waals surface area contributed by atoms with Gasteiger partial charge in [-0.1, -0.05) is 11.6 Å². The number of hydrogen-bond donors (Lipinski definition) is 1. The SMILES string of the molecule is CNC(Cc1cc(Cl)cc2c1OCC2)c1cn(C)cn1. The summed E-state index contributed by atoms with van der Waals surface area (Å²) in [4.78, 5) is 4.43. The molecule has 106 valence electrons. The highest BCUT2D eigenvalue weighted by atomic mass is 35.5. The van der Waals surface area contributed by atoms with Gasteiger partial charge in [-0.2, -0.15) is 0 Å². The number of fused-ring (bicyclic) bond motifs is 1. The number of aryl methyl sites for hydroxylation is 1. The van der Waals surface area contributed by atoms with E-state index in [9.17, 15) is 0 Å². The van der Waals surface area contributed by atoms with Gasteiger partial charge in [-0.25, -0.2) is 4.98 Å². The Bertz CT molecular complexity index is 624. The maximum Gasteiger partial charge on any atom is 0.125 e. The largest absolute Gasteiger partial charge is 0.493 e. The lowest BCUT2D eigenvalue weighted by molar-refractivity contribution is 0.352. The lowest BCUT2D eigenvalue weighted by atomic mass is 10.00. The van der Waals surface area contributed by atoms with Crippen molar-refractivity contribution in [1.29, 1.82) is 0 Å². The first-order valence-electron chi connectivity index (χ1n) is 6.76. The van der Waals surface area contributed by atoms with E-state index < -0.39 is 0 Å². The monoisotopic (exact) mass is 291 g/mol. The third kappa shape index (κ3) is 2.53. The number of ether oxygens (including phenoxy) is 1. The first kappa shape index (κ1) is 13.5. The van der Waals surface area contributed by atoms with Gasteiger partial charge in [0.1, 0.15) is 5.75 Å². The number of benzene rings is 1. The molecule has 0 aliphatic carbocycles. The van der Waals surface area contributed by atoms with E-state index in [2.05, 4.69) is 10.3 Å². The summed E-state index contributed by atoms with van der Waals surface area (Å²) in [5.41, 5.74) is 3.39. The molecule has 0 saturated heterocycles. The normalized spacial score (nSPS) is 14.9. The number of likely N-dealkylation sites (N-methyl/N-ethyl adjacent to an activating group) is 1. The summed E-state index contributed by atoms with van der Waals surface area (Å²) in [6.07, 6.45) is 5.61. The van der Waals surface area contributed by atoms with Crippen LogP contribution in [0.3, 0.4) is 0 Å². The van der Waals surface area contributed by atoms with Gasteiger partial charge in [0.15, 0.2) is 0 Å². The van der Waals surface area contributed by atoms with E-state index in [0.29, 0.717) is 0 Å². The average Bonchev–Trinajstić information content (AvgIpc) is 3.04. The smallest absolute Gasteiger partial charge is 0.125 e. The highest BCUT2D eigenvalue weighted by Crippen LogP contribution is 2.35. The average molecular weight is 292 g/mol. The second-order valence-electron chi connectivity index (χ2n) is 5.16. The van der Waals surface area contributed by atoms with Gasteiger partial charge in [0.05, 0.1) is 24.7 Å². The maximum atomic E-state index is 6.21. The van der Waals surface area contributed by atoms with Crippen LogP contribution >= 0.6 is 11.6 Å². The number of aromatic nitrogens is 2. The van der Waals surface area contributed by atoms with Crippen molar-refractivity contribution in [3.8, 4) is 5.75 Å². The van der Waals surface area contributed by atoms with Crippen LogP contribution in [0.5, 0.6) is 5.75 Å². The standard InChI is InChI=1S/C15H18ClN3O/c1-17-13(14-8-19(2)9-18-14)7-11-6-12(16)5-10-3-4-20-15(10)11/h5-6,8-9,13,17H,3-4,7H2,1-2H3. The van der Waals surface area contributed by atoms with Crippen LogP contribution in [0.4, 0.5) is 0 Å². The van der Waals surface area contributed by atoms with Crippen molar-refractivity contribution in [2.24, 2.45) is 7.05 Å². The molecule has 0 radical (unpaired) electrons. The van der Waals surface area contributed by atoms with Gasteiger partial charge in [0, 0.05) is 24.7 Å². The number of hydrogen-bond acceptors (Lipinski definition) is 3. The zero-order chi connectivity index (χ0) is 14.1. The highest BCUT2D eigenvalue weighted by Gasteiger charge is 2.21. The van der Waals surface area contributed by atoms with E-state index in [4.69, 9.17) is 16.3 Å². The molecule has 0 saturated carbocycles. The second kappa shape index (κ2) is 5.46. The third-order valence-electron chi connectivity index (χ3n) is 3.68. The molecule has 2 heterocycles. The molecule has 0 spiro atoms. The van der Waals surface area contributed by atoms with E-state index in [-0.39, 0.29) is 6.04 Å². The number of nitrogens with one attached hydrogen (secondary N) is 1. The molecular weight excluding hydrogens is 274 g/mol. The molecule has 1 aliphatic heterocycles. The molecule has 1 atom stereocenters. The van der Waals surface area contributed by atoms with Gasteiger partial charge in [-0.3, -0.25) is 0 Å². The third-order valence-corrected chi connectivity index (χ3v) is 3.90. The van der Waals surface area contributed by atoms with Gasteiger partial charge in [-0.05, 0) is 36.7 Å². The van der Waals surface area contributed by atoms with Crippen molar-refractivity contribution >= 4 is 11.6 Å². The van der Waals surface area contributed by atoms with Crippen LogP contribution in [-0.2, 0) is 19.9 Å². The fourth-order valence-corrected chi connectivity index (χ4v) is 2.95. The number of halogens is 1. The number of imidazole rings is 1. The minimum absolute atomic E-state index is 0.156. The molecule has 0 bridgehead atoms. The van der Waals surface area contributed by atoms with Crippen molar-refractivity contribution in [1.82, 2.24) is 14.9 Å². The minimum Gasteiger partial charge on any atom is -0.493 e. The van der Waals surface area contributed by atoms with Crippen LogP contribution in [0.2, 0.25) is 5.02 Å². The van der Waals surface area contributed by atoms with Gasteiger partial charge in [0.2, 0.25) is 0 Å². The van der Waals surface area contributed by atoms with E-state index in [1.807, 2.05) is 43.3 Å². The zero-order valence-electron chi connectivity index (χ0n) is 11.7. The summed E-state index contributed by atoms with van der Waals surface area (Å²) in [7, 11) is 3.92. The summed E-state index contributed by atoms with van der Waals surface area (Å²) in [5.74, 6) is 1.01. The van der Waals surface area contributed by atoms with Gasteiger partial charge >= 0.3 is 0 Å². The molecule has 5 heteroatoms. The predicted octanol–water partition coefficient (Wildman–Crippen LogP) is 2.51. The molecule has 20 heavy (non-hydrogen) atoms. The van der Waals surface area contributed by atoms with Crippen LogP contribution in [0, 0.1) is 0 Å². The Balaban J connectivity index is 1.90. The number of nitrogens with zero attached hydrogens (tertiary/aromatic N) is 2. The summed E-state index contributed by atoms with van der Waals surface area (Å²) in [6.45, 7) is 0.747. The molecular formula is C15H18ClN3O. The molecule has 0 amide bonds. The Morgan fingerprint density at radius 3 is 3.05 bits per heavy atom. The Labute approximate surface area is 123 Å². The Kier molecular flexibility index (Phi) is 3.68. The van der Waals surface area contributed by atoms with Crippen LogP contribution in [0.15, 0.2) is 24.7 Å². The second-order valence-corrected chi connectivity index (χ2v) is 5.60. The Morgan fingerprint density at radius 1 is 1.50 bits per heavy atom. The van der Waals surface area contributed by atoms with Crippen LogP contribution in [0.1, 0.15) is 22.9 Å². The molecule has 1 unspecified atom stereocenters. The molecule has 1 aromatic heterocycles. The Hall–Kier alpha value is -1.52. The van der Waals surface area contributed by atoms with Crippen LogP contribution < -0.4 is 10.1 Å². The lowest BCUT2D eigenvalue weighted by Gasteiger charge is -2.16. The van der Waals surface area contributed by atoms with Gasteiger partial charge < -0.3 is 14.6 Å². The maximum absolute atomic E-state index is 6.21. The topological polar surface area (TPSA) is 39.1 Å². The van der Waals surface area contributed by atoms with Crippen molar-refractivity contribution in [3.05, 3.63) is 46.5 Å². The van der Waals surface area contributed by atoms with Gasteiger partial charge in [0.25, 0.3) is 0 Å². The van der Waals surface area contributed by atoms with Crippen LogP contribution in [0.25, 0.3) is 0 Å². The Morgan fingerprint density at radius 2 is 2.35 bits per heavy atom. The van der Waals surface area contributed by atoms with E-state index in [1.165, 1.54) is 5.56 Å². The predicted molar refractivity (Wildman–Crippen MR) is 79.4 cm³/mol. The first-order valence-corrected chi connectivity index (χ1v) is 7.14. The minimum atomic E-state index is 0.156. The van der Waals surface area contributed by atoms with Crippen molar-refractivity contribution in [2.45, 2.75) is 18.9 Å². The summed E-state index contributed by atoms with van der Waals surface area (Å²) >= 11 is 6.21. The fourth-order valence-electron chi connectivity index (χ4n) is 2.69. The summed E-state index contributed by atoms with van der Waals surface area (Å²) < 4.78 is 7.72. The summed E-state index contributed by atoms with van der Waals surface area (Å²) in [5, 5.41) is 4.09. The van der Waals surface area contributed by atoms with Gasteiger partial charge in [-0.15, -0.1) is 0 Å². The van der Waals surface area contributed by atoms with E-state index >= 15 is 0 Å².